The van der Waals surface area contributed by atoms with Crippen molar-refractivity contribution in [3.63, 3.8) is 0 Å². The van der Waals surface area contributed by atoms with Crippen LogP contribution in [0.4, 0.5) is 24.5 Å². The van der Waals surface area contributed by atoms with Gasteiger partial charge in [-0.2, -0.15) is 13.2 Å². The summed E-state index contributed by atoms with van der Waals surface area (Å²) in [5.74, 6) is -1.75. The Kier molecular flexibility index (Phi) is 5.86. The third kappa shape index (κ3) is 5.56. The number of hydrogen-bond donors (Lipinski definition) is 2. The number of esters is 1. The van der Waals surface area contributed by atoms with Gasteiger partial charge in [0.15, 0.2) is 6.61 Å². The molecule has 1 aliphatic carbocycles. The Morgan fingerprint density at radius 3 is 2.24 bits per heavy atom. The normalized spacial score (nSPS) is 13.5. The van der Waals surface area contributed by atoms with Gasteiger partial charge in [-0.15, -0.1) is 0 Å². The Morgan fingerprint density at radius 1 is 0.966 bits per heavy atom. The van der Waals surface area contributed by atoms with E-state index in [1.807, 2.05) is 0 Å². The van der Waals surface area contributed by atoms with Crippen LogP contribution in [-0.4, -0.2) is 24.4 Å². The number of carbonyl (C=O) groups is 3. The lowest BCUT2D eigenvalue weighted by Gasteiger charge is -2.13. The molecule has 0 heterocycles. The van der Waals surface area contributed by atoms with Gasteiger partial charge in [-0.05, 0) is 49.2 Å². The highest BCUT2D eigenvalue weighted by Gasteiger charge is 2.33. The summed E-state index contributed by atoms with van der Waals surface area (Å²) in [6.45, 7) is -0.745. The standard InChI is InChI=1S/C20H17F3N2O4/c21-20(22,23)15-3-1-2-4-16(15)25-17(26)11-29-19(28)13-7-9-14(10-8-13)24-18(27)12-5-6-12/h1-4,7-10,12H,5-6,11H2,(H,24,27)(H,25,26). The molecule has 1 saturated carbocycles. The summed E-state index contributed by atoms with van der Waals surface area (Å²) in [6, 6.07) is 10.4. The highest BCUT2D eigenvalue weighted by molar-refractivity contribution is 5.97. The second-order valence-electron chi connectivity index (χ2n) is 6.51. The molecule has 0 atom stereocenters. The molecule has 9 heteroatoms. The lowest BCUT2D eigenvalue weighted by molar-refractivity contribution is -0.137. The highest BCUT2D eigenvalue weighted by atomic mass is 19.4. The molecule has 0 spiro atoms. The lowest BCUT2D eigenvalue weighted by atomic mass is 10.1. The number of ether oxygens (including phenoxy) is 1. The number of para-hydroxylation sites is 1. The van der Waals surface area contributed by atoms with Crippen molar-refractivity contribution < 1.29 is 32.3 Å². The average molecular weight is 406 g/mol. The summed E-state index contributed by atoms with van der Waals surface area (Å²) < 4.78 is 43.6. The summed E-state index contributed by atoms with van der Waals surface area (Å²) in [6.07, 6.45) is -2.89. The molecular weight excluding hydrogens is 389 g/mol. The van der Waals surface area contributed by atoms with Crippen LogP contribution in [0.25, 0.3) is 0 Å². The van der Waals surface area contributed by atoms with Crippen molar-refractivity contribution in [1.82, 2.24) is 0 Å². The number of anilines is 2. The molecule has 1 fully saturated rings. The van der Waals surface area contributed by atoms with E-state index >= 15 is 0 Å². The van der Waals surface area contributed by atoms with Crippen molar-refractivity contribution in [2.45, 2.75) is 19.0 Å². The number of amides is 2. The molecule has 29 heavy (non-hydrogen) atoms. The molecular formula is C20H17F3N2O4. The van der Waals surface area contributed by atoms with E-state index in [-0.39, 0.29) is 17.4 Å². The summed E-state index contributed by atoms with van der Waals surface area (Å²) in [5, 5.41) is 4.81. The van der Waals surface area contributed by atoms with Gasteiger partial charge in [-0.25, -0.2) is 4.79 Å². The Morgan fingerprint density at radius 2 is 1.62 bits per heavy atom. The minimum absolute atomic E-state index is 0.0423. The number of halogens is 3. The fourth-order valence-electron chi connectivity index (χ4n) is 2.52. The highest BCUT2D eigenvalue weighted by Crippen LogP contribution is 2.34. The van der Waals surface area contributed by atoms with Gasteiger partial charge >= 0.3 is 12.1 Å². The van der Waals surface area contributed by atoms with Crippen LogP contribution in [0.1, 0.15) is 28.8 Å². The van der Waals surface area contributed by atoms with E-state index in [0.29, 0.717) is 5.69 Å². The zero-order chi connectivity index (χ0) is 21.0. The Bertz CT molecular complexity index is 922. The molecule has 0 bridgehead atoms. The Labute approximate surface area is 164 Å². The number of alkyl halides is 3. The zero-order valence-corrected chi connectivity index (χ0v) is 15.1. The van der Waals surface area contributed by atoms with Crippen LogP contribution in [0.5, 0.6) is 0 Å². The molecule has 2 aromatic rings. The van der Waals surface area contributed by atoms with Crippen LogP contribution in [0, 0.1) is 5.92 Å². The first-order valence-electron chi connectivity index (χ1n) is 8.78. The molecule has 2 amide bonds. The van der Waals surface area contributed by atoms with Crippen LogP contribution in [-0.2, 0) is 20.5 Å². The van der Waals surface area contributed by atoms with E-state index < -0.39 is 35.9 Å². The van der Waals surface area contributed by atoms with Gasteiger partial charge in [-0.3, -0.25) is 9.59 Å². The molecule has 152 valence electrons. The molecule has 0 aliphatic heterocycles. The molecule has 1 aliphatic rings. The third-order valence-corrected chi connectivity index (χ3v) is 4.18. The maximum absolute atomic E-state index is 12.9. The van der Waals surface area contributed by atoms with E-state index in [1.54, 1.807) is 0 Å². The number of benzene rings is 2. The smallest absolute Gasteiger partial charge is 0.418 e. The van der Waals surface area contributed by atoms with Crippen molar-refractivity contribution in [3.8, 4) is 0 Å². The van der Waals surface area contributed by atoms with Gasteiger partial charge in [0.1, 0.15) is 0 Å². The van der Waals surface area contributed by atoms with Crippen LogP contribution >= 0.6 is 0 Å². The monoisotopic (exact) mass is 406 g/mol. The van der Waals surface area contributed by atoms with Crippen LogP contribution in [0.15, 0.2) is 48.5 Å². The third-order valence-electron chi connectivity index (χ3n) is 4.18. The molecule has 0 aromatic heterocycles. The van der Waals surface area contributed by atoms with Gasteiger partial charge in [0, 0.05) is 11.6 Å². The van der Waals surface area contributed by atoms with Crippen molar-refractivity contribution in [1.29, 1.82) is 0 Å². The predicted molar refractivity (Wildman–Crippen MR) is 98.2 cm³/mol. The zero-order valence-electron chi connectivity index (χ0n) is 15.1. The SMILES string of the molecule is O=C(COC(=O)c1ccc(NC(=O)C2CC2)cc1)Nc1ccccc1C(F)(F)F. The summed E-state index contributed by atoms with van der Waals surface area (Å²) in [7, 11) is 0. The second-order valence-corrected chi connectivity index (χ2v) is 6.51. The Balaban J connectivity index is 1.52. The van der Waals surface area contributed by atoms with E-state index in [1.165, 1.54) is 36.4 Å². The first-order chi connectivity index (χ1) is 13.7. The number of hydrogen-bond acceptors (Lipinski definition) is 4. The minimum Gasteiger partial charge on any atom is -0.452 e. The largest absolute Gasteiger partial charge is 0.452 e. The predicted octanol–water partition coefficient (Wildman–Crippen LogP) is 3.85. The number of nitrogens with one attached hydrogen (secondary N) is 2. The summed E-state index contributed by atoms with van der Waals surface area (Å²) >= 11 is 0. The topological polar surface area (TPSA) is 84.5 Å². The van der Waals surface area contributed by atoms with Crippen LogP contribution < -0.4 is 10.6 Å². The van der Waals surface area contributed by atoms with Crippen molar-refractivity contribution in [2.24, 2.45) is 5.92 Å². The van der Waals surface area contributed by atoms with Crippen LogP contribution in [0.2, 0.25) is 0 Å². The fourth-order valence-corrected chi connectivity index (χ4v) is 2.52. The van der Waals surface area contributed by atoms with Gasteiger partial charge in [-0.1, -0.05) is 12.1 Å². The molecule has 0 saturated heterocycles. The maximum atomic E-state index is 12.9. The first kappa shape index (κ1) is 20.4. The lowest BCUT2D eigenvalue weighted by Crippen LogP contribution is -2.22. The summed E-state index contributed by atoms with van der Waals surface area (Å²) in [5.41, 5.74) is -0.752. The van der Waals surface area contributed by atoms with Gasteiger partial charge in [0.2, 0.25) is 5.91 Å². The maximum Gasteiger partial charge on any atom is 0.418 e. The van der Waals surface area contributed by atoms with E-state index in [2.05, 4.69) is 10.6 Å². The van der Waals surface area contributed by atoms with E-state index in [4.69, 9.17) is 4.74 Å². The Hall–Kier alpha value is -3.36. The first-order valence-corrected chi connectivity index (χ1v) is 8.78. The molecule has 0 unspecified atom stereocenters. The van der Waals surface area contributed by atoms with Gasteiger partial charge < -0.3 is 15.4 Å². The van der Waals surface area contributed by atoms with Crippen molar-refractivity contribution >= 4 is 29.2 Å². The van der Waals surface area contributed by atoms with Crippen molar-refractivity contribution in [2.75, 3.05) is 17.2 Å². The minimum atomic E-state index is -4.63. The van der Waals surface area contributed by atoms with E-state index in [9.17, 15) is 27.6 Å². The van der Waals surface area contributed by atoms with Crippen molar-refractivity contribution in [3.05, 3.63) is 59.7 Å². The molecule has 2 N–H and O–H groups in total. The van der Waals surface area contributed by atoms with Gasteiger partial charge in [0.05, 0.1) is 16.8 Å². The average Bonchev–Trinajstić information content (AvgIpc) is 3.52. The molecule has 6 nitrogen and oxygen atoms in total. The molecule has 3 rings (SSSR count). The number of carbonyl (C=O) groups excluding carboxylic acids is 3. The fraction of sp³-hybridized carbons (Fsp3) is 0.250. The summed E-state index contributed by atoms with van der Waals surface area (Å²) in [4.78, 5) is 35.6. The van der Waals surface area contributed by atoms with Gasteiger partial charge in [0.25, 0.3) is 5.91 Å². The molecule has 2 aromatic carbocycles. The quantitative estimate of drug-likeness (QED) is 0.714. The van der Waals surface area contributed by atoms with Crippen LogP contribution in [0.3, 0.4) is 0 Å². The number of rotatable bonds is 6. The van der Waals surface area contributed by atoms with E-state index in [0.717, 1.165) is 25.0 Å². The molecule has 0 radical (unpaired) electrons. The second kappa shape index (κ2) is 8.34.